The van der Waals surface area contributed by atoms with E-state index in [0.29, 0.717) is 58.3 Å². The van der Waals surface area contributed by atoms with Gasteiger partial charge in [-0.25, -0.2) is 0 Å². The van der Waals surface area contributed by atoms with Crippen LogP contribution in [0.25, 0.3) is 0 Å². The minimum Gasteiger partial charge on any atom is -0.504 e. The molecule has 0 bridgehead atoms. The van der Waals surface area contributed by atoms with Crippen LogP contribution in [0.1, 0.15) is 112 Å². The molecule has 0 saturated heterocycles. The van der Waals surface area contributed by atoms with Crippen LogP contribution in [0.4, 0.5) is 0 Å². The number of methoxy groups -OCH3 is 1. The van der Waals surface area contributed by atoms with Crippen LogP contribution in [0.5, 0.6) is 11.5 Å². The van der Waals surface area contributed by atoms with Gasteiger partial charge < -0.3 is 51.2 Å². The van der Waals surface area contributed by atoms with E-state index in [-0.39, 0.29) is 54.6 Å². The number of ketones is 2. The molecule has 2 aliphatic carbocycles. The highest BCUT2D eigenvalue weighted by Gasteiger charge is 2.43. The normalized spacial score (nSPS) is 24.4. The molecule has 352 valence electrons. The largest absolute Gasteiger partial charge is 0.504 e. The van der Waals surface area contributed by atoms with Crippen LogP contribution < -0.4 is 20.7 Å². The molecule has 10 atom stereocenters. The van der Waals surface area contributed by atoms with Crippen molar-refractivity contribution in [2.75, 3.05) is 39.9 Å². The third-order valence-electron chi connectivity index (χ3n) is 13.7. The number of nitrogens with one attached hydrogen (secondary N) is 4. The number of aliphatic hydroxyl groups is 4. The first-order valence-corrected chi connectivity index (χ1v) is 23.8. The Morgan fingerprint density at radius 2 is 1.80 bits per heavy atom. The van der Waals surface area contributed by atoms with Crippen molar-refractivity contribution in [1.29, 1.82) is 0 Å². The number of aliphatic hydroxyl groups excluding tert-OH is 4. The fraction of sp³-hybridized carbons (Fsp3) is 0.547. The number of hydrogen-bond donors (Lipinski definition) is 9. The molecule has 3 aromatic rings. The first-order valence-electron chi connectivity index (χ1n) is 23.8. The lowest BCUT2D eigenvalue weighted by molar-refractivity contribution is -0.142. The summed E-state index contributed by atoms with van der Waals surface area (Å²) in [5.74, 6) is 5.46. The van der Waals surface area contributed by atoms with Gasteiger partial charge in [0, 0.05) is 69.4 Å². The smallest absolute Gasteiger partial charge is 0.173 e. The van der Waals surface area contributed by atoms with E-state index in [2.05, 4.69) is 64.8 Å². The monoisotopic (exact) mass is 893 g/mol. The van der Waals surface area contributed by atoms with E-state index < -0.39 is 47.6 Å². The third kappa shape index (κ3) is 13.4. The molecule has 0 unspecified atom stereocenters. The summed E-state index contributed by atoms with van der Waals surface area (Å²) in [4.78, 5) is 32.1. The standard InChI is InChI=1S/C53H72N4O8/c1-5-10-44(48(61)28-42-25-41(32-57-42)33(2)30-54-31-34(3)59)40-23-36(21-35-17-19-56-51(24-35)55-18-9-20-58)22-38-13-15-43(37-11-7-6-8-12-37)45-29-49(62)50(65-4)27-39(45)14-16-47(60)53(64)52(63)46(38)26-40/h6-8,11-12,17,24-25,27,29,32-34,36,38,40,43-44,46,48,53-59,61-62,64H,5,9-10,14,16,18-23,26,28,30-31H2,1-4H3/t33-,34+,36+,38-,40-,43-,44+,46+,48-,53+/m1/s1. The van der Waals surface area contributed by atoms with E-state index in [9.17, 15) is 35.1 Å². The Morgan fingerprint density at radius 1 is 1.00 bits per heavy atom. The molecule has 0 radical (unpaired) electrons. The van der Waals surface area contributed by atoms with E-state index in [1.54, 1.807) is 19.1 Å². The molecule has 12 heteroatoms. The number of aromatic amines is 1. The van der Waals surface area contributed by atoms with Crippen molar-refractivity contribution in [3.8, 4) is 23.3 Å². The van der Waals surface area contributed by atoms with Gasteiger partial charge in [-0.2, -0.15) is 0 Å². The highest BCUT2D eigenvalue weighted by atomic mass is 16.5. The Kier molecular flexibility index (Phi) is 18.3. The van der Waals surface area contributed by atoms with Gasteiger partial charge in [-0.15, -0.1) is 0 Å². The molecule has 9 N–H and O–H groups in total. The fourth-order valence-corrected chi connectivity index (χ4v) is 10.3. The summed E-state index contributed by atoms with van der Waals surface area (Å²) in [7, 11) is 1.47. The zero-order valence-corrected chi connectivity index (χ0v) is 38.7. The minimum atomic E-state index is -1.82. The number of dihydropyridines is 1. The number of rotatable bonds is 19. The number of carbonyl (C=O) groups excluding carboxylic acids is 2. The summed E-state index contributed by atoms with van der Waals surface area (Å²) in [6.07, 6.45) is 8.38. The van der Waals surface area contributed by atoms with Gasteiger partial charge in [0.05, 0.1) is 31.1 Å². The molecule has 0 spiro atoms. The lowest BCUT2D eigenvalue weighted by atomic mass is 9.73. The number of aromatic hydroxyl groups is 1. The lowest BCUT2D eigenvalue weighted by Crippen LogP contribution is -2.40. The lowest BCUT2D eigenvalue weighted by Gasteiger charge is -2.33. The summed E-state index contributed by atoms with van der Waals surface area (Å²) < 4.78 is 5.48. The molecule has 6 rings (SSSR count). The second-order valence-corrected chi connectivity index (χ2v) is 18.7. The predicted molar refractivity (Wildman–Crippen MR) is 253 cm³/mol. The first-order chi connectivity index (χ1) is 31.4. The number of benzene rings is 2. The molecule has 3 aliphatic rings. The highest BCUT2D eigenvalue weighted by molar-refractivity contribution is 6.06. The van der Waals surface area contributed by atoms with Gasteiger partial charge in [0.15, 0.2) is 29.2 Å². The summed E-state index contributed by atoms with van der Waals surface area (Å²) in [6.45, 7) is 8.59. The van der Waals surface area contributed by atoms with Gasteiger partial charge in [-0.1, -0.05) is 68.5 Å². The third-order valence-corrected chi connectivity index (χ3v) is 13.7. The molecule has 1 aliphatic heterocycles. The molecule has 0 amide bonds. The second kappa shape index (κ2) is 24.0. The van der Waals surface area contributed by atoms with E-state index in [1.807, 2.05) is 36.5 Å². The predicted octanol–water partition coefficient (Wildman–Crippen LogP) is 5.79. The van der Waals surface area contributed by atoms with Crippen LogP contribution in [0, 0.1) is 41.4 Å². The number of Topliss-reactive ketones (excluding diaryl/α,β-unsaturated/α-hetero) is 2. The highest BCUT2D eigenvalue weighted by Crippen LogP contribution is 2.45. The number of ether oxygens (including phenoxy) is 1. The van der Waals surface area contributed by atoms with Crippen LogP contribution in [0.2, 0.25) is 0 Å². The zero-order chi connectivity index (χ0) is 46.5. The topological polar surface area (TPSA) is 196 Å². The number of phenols is 1. The summed E-state index contributed by atoms with van der Waals surface area (Å²) in [6, 6.07) is 15.3. The molecular weight excluding hydrogens is 821 g/mol. The van der Waals surface area contributed by atoms with E-state index in [1.165, 1.54) is 7.11 Å². The summed E-state index contributed by atoms with van der Waals surface area (Å²) in [5.41, 5.74) is 5.58. The zero-order valence-electron chi connectivity index (χ0n) is 38.7. The number of hydrogen-bond acceptors (Lipinski definition) is 11. The average molecular weight is 893 g/mol. The van der Waals surface area contributed by atoms with Gasteiger partial charge >= 0.3 is 0 Å². The Labute approximate surface area is 385 Å². The average Bonchev–Trinajstić information content (AvgIpc) is 3.69. The molecule has 1 fully saturated rings. The number of fused-ring (bicyclic) bond motifs is 2. The van der Waals surface area contributed by atoms with Crippen molar-refractivity contribution < 1.29 is 39.9 Å². The summed E-state index contributed by atoms with van der Waals surface area (Å²) in [5, 5.41) is 64.2. The van der Waals surface area contributed by atoms with E-state index in [0.717, 1.165) is 58.6 Å². The van der Waals surface area contributed by atoms with Crippen molar-refractivity contribution in [2.24, 2.45) is 29.6 Å². The maximum atomic E-state index is 14.8. The Hall–Kier alpha value is -4.90. The fourth-order valence-electron chi connectivity index (χ4n) is 10.3. The van der Waals surface area contributed by atoms with Crippen molar-refractivity contribution in [1.82, 2.24) is 20.9 Å². The van der Waals surface area contributed by atoms with Crippen molar-refractivity contribution in [2.45, 2.75) is 115 Å². The van der Waals surface area contributed by atoms with Crippen LogP contribution in [0.15, 0.2) is 78.3 Å². The van der Waals surface area contributed by atoms with E-state index >= 15 is 0 Å². The van der Waals surface area contributed by atoms with Crippen LogP contribution in [-0.2, 0) is 22.4 Å². The first kappa shape index (κ1) is 49.5. The molecule has 65 heavy (non-hydrogen) atoms. The molecule has 1 aromatic heterocycles. The number of aryl methyl sites for hydroxylation is 1. The van der Waals surface area contributed by atoms with Crippen LogP contribution >= 0.6 is 0 Å². The maximum absolute atomic E-state index is 14.8. The number of H-pyrrole nitrogens is 1. The van der Waals surface area contributed by atoms with Gasteiger partial charge in [-0.3, -0.25) is 9.59 Å². The van der Waals surface area contributed by atoms with Gasteiger partial charge in [0.1, 0.15) is 0 Å². The maximum Gasteiger partial charge on any atom is 0.173 e. The molecular formula is C53H72N4O8. The number of phenolic OH excluding ortho intramolecular Hbond substituents is 1. The molecule has 1 saturated carbocycles. The Bertz CT molecular complexity index is 2150. The Morgan fingerprint density at radius 3 is 2.54 bits per heavy atom. The number of allylic oxidation sites excluding steroid dienone is 2. The Balaban J connectivity index is 1.40. The van der Waals surface area contributed by atoms with Crippen LogP contribution in [0.3, 0.4) is 0 Å². The second-order valence-electron chi connectivity index (χ2n) is 18.7. The van der Waals surface area contributed by atoms with Crippen molar-refractivity contribution in [3.63, 3.8) is 0 Å². The van der Waals surface area contributed by atoms with Gasteiger partial charge in [0.2, 0.25) is 0 Å². The molecule has 2 aromatic carbocycles. The summed E-state index contributed by atoms with van der Waals surface area (Å²) >= 11 is 0. The van der Waals surface area contributed by atoms with Gasteiger partial charge in [0.25, 0.3) is 0 Å². The van der Waals surface area contributed by atoms with Crippen LogP contribution in [-0.4, -0.2) is 100 Å². The van der Waals surface area contributed by atoms with Gasteiger partial charge in [-0.05, 0) is 128 Å². The molecule has 12 nitrogen and oxygen atoms in total. The quantitative estimate of drug-likeness (QED) is 0.0402. The van der Waals surface area contributed by atoms with E-state index in [4.69, 9.17) is 4.74 Å². The molecule has 2 heterocycles. The number of aromatic nitrogens is 1. The minimum absolute atomic E-state index is 0.0401. The van der Waals surface area contributed by atoms with Crippen molar-refractivity contribution >= 4 is 11.6 Å². The SMILES string of the molecule is CCC[C@@H]([C@@H]1C[C@@H](CC2=CCNC(NCCCO)=C2)C[C@H]2C#C[C@H](c3ccccc3)c3cc(O)c(OC)cc3CCC(=O)[C@H](O)C(=O)[C@H]2C1)[C@H](O)Cc1cc([C@H](C)CNC[C@H](C)O)c[nH]1. The number of carbonyl (C=O) groups is 2. The van der Waals surface area contributed by atoms with Crippen molar-refractivity contribution in [3.05, 3.63) is 106 Å².